The monoisotopic (exact) mass is 263 g/mol. The maximum Gasteiger partial charge on any atom is 0.137 e. The van der Waals surface area contributed by atoms with Gasteiger partial charge in [-0.1, -0.05) is 6.92 Å². The Balaban J connectivity index is 2.20. The molecule has 106 valence electrons. The fraction of sp³-hybridized carbons (Fsp3) is 0.714. The highest BCUT2D eigenvalue weighted by Crippen LogP contribution is 2.24. The minimum atomic E-state index is 0.842. The molecule has 19 heavy (non-hydrogen) atoms. The first-order valence-corrected chi connectivity index (χ1v) is 7.22. The lowest BCUT2D eigenvalue weighted by Gasteiger charge is -2.35. The summed E-state index contributed by atoms with van der Waals surface area (Å²) in [5.41, 5.74) is 1.16. The van der Waals surface area contributed by atoms with Crippen molar-refractivity contribution in [1.29, 1.82) is 0 Å². The van der Waals surface area contributed by atoms with Gasteiger partial charge in [0.15, 0.2) is 0 Å². The molecular formula is C14H25N5. The number of hydrogen-bond donors (Lipinski definition) is 1. The smallest absolute Gasteiger partial charge is 0.137 e. The van der Waals surface area contributed by atoms with Gasteiger partial charge >= 0.3 is 0 Å². The van der Waals surface area contributed by atoms with E-state index in [2.05, 4.69) is 45.9 Å². The Morgan fingerprint density at radius 2 is 1.74 bits per heavy atom. The largest absolute Gasteiger partial charge is 0.370 e. The van der Waals surface area contributed by atoms with Crippen LogP contribution in [0.5, 0.6) is 0 Å². The van der Waals surface area contributed by atoms with Gasteiger partial charge in [0.05, 0.1) is 0 Å². The summed E-state index contributed by atoms with van der Waals surface area (Å²) in [6, 6.07) is 0. The molecule has 0 aliphatic carbocycles. The molecular weight excluding hydrogens is 238 g/mol. The summed E-state index contributed by atoms with van der Waals surface area (Å²) >= 11 is 0. The van der Waals surface area contributed by atoms with E-state index in [4.69, 9.17) is 0 Å². The molecule has 0 amide bonds. The number of nitrogens with one attached hydrogen (secondary N) is 1. The van der Waals surface area contributed by atoms with Crippen LogP contribution >= 0.6 is 0 Å². The zero-order valence-electron chi connectivity index (χ0n) is 12.5. The lowest BCUT2D eigenvalue weighted by Crippen LogP contribution is -2.46. The molecule has 0 saturated carbocycles. The van der Waals surface area contributed by atoms with Crippen LogP contribution in [0.2, 0.25) is 0 Å². The molecule has 1 aromatic rings. The van der Waals surface area contributed by atoms with Crippen LogP contribution < -0.4 is 10.2 Å². The lowest BCUT2D eigenvalue weighted by atomic mass is 10.2. The predicted octanol–water partition coefficient (Wildman–Crippen LogP) is 1.67. The molecule has 0 bridgehead atoms. The molecule has 5 nitrogen and oxygen atoms in total. The van der Waals surface area contributed by atoms with Crippen LogP contribution in [0.25, 0.3) is 0 Å². The molecule has 1 fully saturated rings. The second kappa shape index (κ2) is 6.19. The quantitative estimate of drug-likeness (QED) is 0.895. The summed E-state index contributed by atoms with van der Waals surface area (Å²) in [5, 5.41) is 3.33. The number of aromatic nitrogens is 2. The standard InChI is InChI=1S/C14H25N5/c1-5-15-13-11(3)14(17-12(4)16-13)19-9-7-18(6-2)8-10-19/h5-10H2,1-4H3,(H,15,16,17). The van der Waals surface area contributed by atoms with Crippen molar-refractivity contribution >= 4 is 11.6 Å². The summed E-state index contributed by atoms with van der Waals surface area (Å²) in [7, 11) is 0. The first kappa shape index (κ1) is 14.1. The third-order valence-corrected chi connectivity index (χ3v) is 3.70. The van der Waals surface area contributed by atoms with Crippen molar-refractivity contribution in [2.24, 2.45) is 0 Å². The van der Waals surface area contributed by atoms with Crippen LogP contribution in [-0.4, -0.2) is 54.1 Å². The third-order valence-electron chi connectivity index (χ3n) is 3.70. The van der Waals surface area contributed by atoms with Crippen molar-refractivity contribution in [3.63, 3.8) is 0 Å². The van der Waals surface area contributed by atoms with Gasteiger partial charge in [-0.2, -0.15) is 0 Å². The van der Waals surface area contributed by atoms with Gasteiger partial charge in [-0.3, -0.25) is 0 Å². The van der Waals surface area contributed by atoms with Crippen LogP contribution in [0.3, 0.4) is 0 Å². The summed E-state index contributed by atoms with van der Waals surface area (Å²) in [4.78, 5) is 14.0. The van der Waals surface area contributed by atoms with E-state index in [0.29, 0.717) is 0 Å². The number of rotatable bonds is 4. The molecule has 2 rings (SSSR count). The van der Waals surface area contributed by atoms with Gasteiger partial charge in [-0.05, 0) is 27.3 Å². The van der Waals surface area contributed by atoms with Crippen LogP contribution in [0.4, 0.5) is 11.6 Å². The van der Waals surface area contributed by atoms with Gasteiger partial charge in [-0.15, -0.1) is 0 Å². The number of likely N-dealkylation sites (N-methyl/N-ethyl adjacent to an activating group) is 1. The number of hydrogen-bond acceptors (Lipinski definition) is 5. The topological polar surface area (TPSA) is 44.3 Å². The van der Waals surface area contributed by atoms with Crippen LogP contribution in [0.15, 0.2) is 0 Å². The average molecular weight is 263 g/mol. The van der Waals surface area contributed by atoms with Gasteiger partial charge in [0.1, 0.15) is 17.5 Å². The Morgan fingerprint density at radius 1 is 1.05 bits per heavy atom. The van der Waals surface area contributed by atoms with Gasteiger partial charge in [0, 0.05) is 38.3 Å². The maximum atomic E-state index is 4.65. The van der Waals surface area contributed by atoms with Crippen molar-refractivity contribution < 1.29 is 0 Å². The molecule has 1 aliphatic rings. The van der Waals surface area contributed by atoms with E-state index in [9.17, 15) is 0 Å². The van der Waals surface area contributed by atoms with Crippen molar-refractivity contribution in [3.05, 3.63) is 11.4 Å². The molecule has 0 aromatic carbocycles. The van der Waals surface area contributed by atoms with E-state index >= 15 is 0 Å². The molecule has 0 radical (unpaired) electrons. The van der Waals surface area contributed by atoms with Crippen molar-refractivity contribution in [3.8, 4) is 0 Å². The summed E-state index contributed by atoms with van der Waals surface area (Å²) in [5.74, 6) is 2.91. The minimum Gasteiger partial charge on any atom is -0.370 e. The highest BCUT2D eigenvalue weighted by molar-refractivity contribution is 5.58. The summed E-state index contributed by atoms with van der Waals surface area (Å²) < 4.78 is 0. The van der Waals surface area contributed by atoms with Crippen LogP contribution in [0, 0.1) is 13.8 Å². The molecule has 0 atom stereocenters. The zero-order chi connectivity index (χ0) is 13.8. The average Bonchev–Trinajstić information content (AvgIpc) is 2.43. The summed E-state index contributed by atoms with van der Waals surface area (Å²) in [6.45, 7) is 14.8. The Hall–Kier alpha value is -1.36. The Bertz CT molecular complexity index is 424. The Kier molecular flexibility index (Phi) is 4.58. The Morgan fingerprint density at radius 3 is 2.32 bits per heavy atom. The van der Waals surface area contributed by atoms with E-state index in [0.717, 1.165) is 62.3 Å². The van der Waals surface area contributed by atoms with E-state index < -0.39 is 0 Å². The van der Waals surface area contributed by atoms with E-state index in [1.807, 2.05) is 6.92 Å². The first-order valence-electron chi connectivity index (χ1n) is 7.22. The molecule has 5 heteroatoms. The molecule has 0 spiro atoms. The number of aryl methyl sites for hydroxylation is 1. The van der Waals surface area contributed by atoms with Crippen LogP contribution in [0.1, 0.15) is 25.2 Å². The second-order valence-corrected chi connectivity index (χ2v) is 5.02. The Labute approximate surface area is 116 Å². The van der Waals surface area contributed by atoms with E-state index in [1.54, 1.807) is 0 Å². The predicted molar refractivity (Wildman–Crippen MR) is 80.0 cm³/mol. The van der Waals surface area contributed by atoms with Crippen LogP contribution in [-0.2, 0) is 0 Å². The summed E-state index contributed by atoms with van der Waals surface area (Å²) in [6.07, 6.45) is 0. The van der Waals surface area contributed by atoms with E-state index in [-0.39, 0.29) is 0 Å². The first-order chi connectivity index (χ1) is 9.15. The highest BCUT2D eigenvalue weighted by Gasteiger charge is 2.20. The lowest BCUT2D eigenvalue weighted by molar-refractivity contribution is 0.270. The van der Waals surface area contributed by atoms with Gasteiger partial charge in [-0.25, -0.2) is 9.97 Å². The van der Waals surface area contributed by atoms with Crippen molar-refractivity contribution in [2.75, 3.05) is 49.5 Å². The normalized spacial score (nSPS) is 16.7. The fourth-order valence-corrected chi connectivity index (χ4v) is 2.54. The molecule has 0 unspecified atom stereocenters. The van der Waals surface area contributed by atoms with Gasteiger partial charge < -0.3 is 15.1 Å². The third kappa shape index (κ3) is 3.15. The molecule has 1 aromatic heterocycles. The van der Waals surface area contributed by atoms with Crippen molar-refractivity contribution in [1.82, 2.24) is 14.9 Å². The fourth-order valence-electron chi connectivity index (χ4n) is 2.54. The molecule has 1 saturated heterocycles. The number of anilines is 2. The van der Waals surface area contributed by atoms with Gasteiger partial charge in [0.25, 0.3) is 0 Å². The van der Waals surface area contributed by atoms with Crippen molar-refractivity contribution in [2.45, 2.75) is 27.7 Å². The molecule has 1 N–H and O–H groups in total. The SMILES string of the molecule is CCNc1nc(C)nc(N2CCN(CC)CC2)c1C. The number of piperazine rings is 1. The molecule has 1 aliphatic heterocycles. The minimum absolute atomic E-state index is 0.842. The molecule has 2 heterocycles. The zero-order valence-corrected chi connectivity index (χ0v) is 12.5. The highest BCUT2D eigenvalue weighted by atomic mass is 15.3. The number of nitrogens with zero attached hydrogens (tertiary/aromatic N) is 4. The maximum absolute atomic E-state index is 4.65. The van der Waals surface area contributed by atoms with Gasteiger partial charge in [0.2, 0.25) is 0 Å². The second-order valence-electron chi connectivity index (χ2n) is 5.02. The van der Waals surface area contributed by atoms with E-state index in [1.165, 1.54) is 0 Å².